The quantitative estimate of drug-likeness (QED) is 0.580. The Bertz CT molecular complexity index is 1300. The maximum absolute atomic E-state index is 14.3. The molecule has 8 heteroatoms. The van der Waals surface area contributed by atoms with Gasteiger partial charge in [-0.25, -0.2) is 0 Å². The van der Waals surface area contributed by atoms with E-state index >= 15 is 0 Å². The Hall–Kier alpha value is -4.07. The Kier molecular flexibility index (Phi) is 6.85. The molecule has 202 valence electrons. The zero-order valence-electron chi connectivity index (χ0n) is 21.9. The number of fused-ring (bicyclic) bond motifs is 2. The summed E-state index contributed by atoms with van der Waals surface area (Å²) in [6, 6.07) is 15.6. The van der Waals surface area contributed by atoms with Gasteiger partial charge < -0.3 is 20.1 Å². The summed E-state index contributed by atoms with van der Waals surface area (Å²) in [5.41, 5.74) is 1.25. The summed E-state index contributed by atoms with van der Waals surface area (Å²) in [5.74, 6) is -1.78. The summed E-state index contributed by atoms with van der Waals surface area (Å²) in [7, 11) is 1.58. The van der Waals surface area contributed by atoms with Gasteiger partial charge in [0.25, 0.3) is 0 Å². The van der Waals surface area contributed by atoms with E-state index in [1.807, 2.05) is 42.5 Å². The normalized spacial score (nSPS) is 27.7. The molecule has 39 heavy (non-hydrogen) atoms. The first-order valence-corrected chi connectivity index (χ1v) is 13.7. The summed E-state index contributed by atoms with van der Waals surface area (Å²) in [4.78, 5) is 43.6. The molecule has 5 atom stereocenters. The number of carbonyl (C=O) groups is 3. The second kappa shape index (κ2) is 10.6. The van der Waals surface area contributed by atoms with E-state index in [9.17, 15) is 14.4 Å². The molecule has 2 N–H and O–H groups in total. The van der Waals surface area contributed by atoms with Crippen LogP contribution in [0.5, 0.6) is 5.75 Å². The van der Waals surface area contributed by atoms with Crippen LogP contribution in [-0.2, 0) is 19.1 Å². The molecule has 1 saturated carbocycles. The highest BCUT2D eigenvalue weighted by molar-refractivity contribution is 6.09. The van der Waals surface area contributed by atoms with Crippen LogP contribution in [0.1, 0.15) is 32.1 Å². The molecular weight excluding hydrogens is 494 g/mol. The van der Waals surface area contributed by atoms with Crippen LogP contribution in [0.15, 0.2) is 78.8 Å². The zero-order valence-corrected chi connectivity index (χ0v) is 21.9. The van der Waals surface area contributed by atoms with Crippen LogP contribution >= 0.6 is 0 Å². The number of carbonyl (C=O) groups excluding carboxylic acids is 3. The number of allylic oxidation sites excluding steroid dienone is 1. The van der Waals surface area contributed by atoms with Gasteiger partial charge in [-0.05, 0) is 61.4 Å². The number of para-hydroxylation sites is 1. The molecule has 1 unspecified atom stereocenters. The minimum Gasteiger partial charge on any atom is -0.497 e. The number of hydrogen-bond donors (Lipinski definition) is 2. The third-order valence-electron chi connectivity index (χ3n) is 8.44. The molecule has 0 aromatic heterocycles. The Morgan fingerprint density at radius 1 is 0.974 bits per heavy atom. The standard InChI is InChI=1S/C31H33N3O5/c1-38-22-14-12-21(13-15-22)34-28(30(36)33-20-10-6-3-7-11-20)24-18-25-23(16-17-39-25)26(27(24)31(34)37)29(35)32-19-8-4-2-5-9-19/h2,4-5,8-9,12-18,20,23-24,26-28H,3,6-7,10-11H2,1H3,(H,32,35)(H,33,36)/t23-,24+,26+,27?,28-/m0/s1. The number of ether oxygens (including phenoxy) is 2. The van der Waals surface area contributed by atoms with E-state index in [1.54, 1.807) is 42.5 Å². The highest BCUT2D eigenvalue weighted by Crippen LogP contribution is 2.50. The second-order valence-corrected chi connectivity index (χ2v) is 10.7. The fourth-order valence-electron chi connectivity index (χ4n) is 6.58. The van der Waals surface area contributed by atoms with Crippen molar-refractivity contribution in [2.45, 2.75) is 44.2 Å². The van der Waals surface area contributed by atoms with Crippen molar-refractivity contribution in [3.05, 3.63) is 78.8 Å². The molecule has 4 aliphatic rings. The van der Waals surface area contributed by atoms with Crippen molar-refractivity contribution >= 4 is 29.1 Å². The van der Waals surface area contributed by atoms with Crippen LogP contribution < -0.4 is 20.3 Å². The predicted octanol–water partition coefficient (Wildman–Crippen LogP) is 4.40. The summed E-state index contributed by atoms with van der Waals surface area (Å²) >= 11 is 0. The molecule has 2 aliphatic heterocycles. The lowest BCUT2D eigenvalue weighted by molar-refractivity contribution is -0.131. The third-order valence-corrected chi connectivity index (χ3v) is 8.44. The summed E-state index contributed by atoms with van der Waals surface area (Å²) in [6.07, 6.45) is 10.5. The van der Waals surface area contributed by atoms with Gasteiger partial charge in [0.1, 0.15) is 17.6 Å². The Balaban J connectivity index is 1.39. The molecule has 6 rings (SSSR count). The molecule has 2 aliphatic carbocycles. The van der Waals surface area contributed by atoms with Crippen molar-refractivity contribution in [3.63, 3.8) is 0 Å². The van der Waals surface area contributed by atoms with Crippen LogP contribution in [0.25, 0.3) is 0 Å². The number of rotatable bonds is 6. The van der Waals surface area contributed by atoms with Crippen LogP contribution in [0.3, 0.4) is 0 Å². The van der Waals surface area contributed by atoms with E-state index in [4.69, 9.17) is 9.47 Å². The van der Waals surface area contributed by atoms with Gasteiger partial charge in [0.05, 0.1) is 31.1 Å². The van der Waals surface area contributed by atoms with Gasteiger partial charge in [0.2, 0.25) is 17.7 Å². The highest BCUT2D eigenvalue weighted by atomic mass is 16.5. The molecule has 0 spiro atoms. The number of nitrogens with one attached hydrogen (secondary N) is 2. The first-order valence-electron chi connectivity index (χ1n) is 13.7. The van der Waals surface area contributed by atoms with Crippen molar-refractivity contribution in [2.75, 3.05) is 17.3 Å². The lowest BCUT2D eigenvalue weighted by atomic mass is 9.69. The van der Waals surface area contributed by atoms with Crippen LogP contribution in [0.2, 0.25) is 0 Å². The van der Waals surface area contributed by atoms with Crippen LogP contribution in [0, 0.1) is 23.7 Å². The van der Waals surface area contributed by atoms with Crippen LogP contribution in [-0.4, -0.2) is 36.9 Å². The molecule has 2 aromatic rings. The van der Waals surface area contributed by atoms with Crippen molar-refractivity contribution in [1.29, 1.82) is 0 Å². The smallest absolute Gasteiger partial charge is 0.244 e. The van der Waals surface area contributed by atoms with Gasteiger partial charge in [-0.15, -0.1) is 0 Å². The van der Waals surface area contributed by atoms with Crippen molar-refractivity contribution in [2.24, 2.45) is 23.7 Å². The zero-order chi connectivity index (χ0) is 26.9. The Labute approximate surface area is 228 Å². The number of amides is 3. The molecule has 1 saturated heterocycles. The summed E-state index contributed by atoms with van der Waals surface area (Å²) in [5, 5.41) is 6.23. The molecule has 2 aromatic carbocycles. The maximum atomic E-state index is 14.3. The minimum atomic E-state index is -0.803. The van der Waals surface area contributed by atoms with Gasteiger partial charge in [0, 0.05) is 23.3 Å². The van der Waals surface area contributed by atoms with Gasteiger partial charge in [0.15, 0.2) is 0 Å². The average Bonchev–Trinajstić information content (AvgIpc) is 3.55. The molecule has 0 radical (unpaired) electrons. The highest BCUT2D eigenvalue weighted by Gasteiger charge is 2.60. The van der Waals surface area contributed by atoms with Gasteiger partial charge in [-0.2, -0.15) is 0 Å². The van der Waals surface area contributed by atoms with E-state index in [1.165, 1.54) is 6.42 Å². The van der Waals surface area contributed by atoms with Gasteiger partial charge in [-0.3, -0.25) is 19.3 Å². The van der Waals surface area contributed by atoms with E-state index < -0.39 is 23.8 Å². The topological polar surface area (TPSA) is 97.0 Å². The van der Waals surface area contributed by atoms with Crippen molar-refractivity contribution in [3.8, 4) is 5.75 Å². The molecule has 2 heterocycles. The lowest BCUT2D eigenvalue weighted by Gasteiger charge is -2.34. The van der Waals surface area contributed by atoms with Crippen molar-refractivity contribution in [1.82, 2.24) is 5.32 Å². The molecule has 2 fully saturated rings. The summed E-state index contributed by atoms with van der Waals surface area (Å²) < 4.78 is 11.1. The largest absolute Gasteiger partial charge is 0.497 e. The number of methoxy groups -OCH3 is 1. The van der Waals surface area contributed by atoms with Crippen LogP contribution in [0.4, 0.5) is 11.4 Å². The number of anilines is 2. The third kappa shape index (κ3) is 4.68. The van der Waals surface area contributed by atoms with Gasteiger partial charge in [-0.1, -0.05) is 37.5 Å². The SMILES string of the molecule is COc1ccc(N2C(=O)C3[C@@H](C=C4OC=C[C@@H]4[C@H]3C(=O)Nc3ccccc3)[C@H]2C(=O)NC2CCCCC2)cc1. The number of hydrogen-bond acceptors (Lipinski definition) is 5. The second-order valence-electron chi connectivity index (χ2n) is 10.7. The first-order chi connectivity index (χ1) is 19.0. The van der Waals surface area contributed by atoms with Gasteiger partial charge >= 0.3 is 0 Å². The van der Waals surface area contributed by atoms with E-state index in [2.05, 4.69) is 10.6 Å². The Morgan fingerprint density at radius 2 is 1.72 bits per heavy atom. The fraction of sp³-hybridized carbons (Fsp3) is 0.387. The molecular formula is C31H33N3O5. The van der Waals surface area contributed by atoms with E-state index in [0.717, 1.165) is 25.7 Å². The monoisotopic (exact) mass is 527 g/mol. The average molecular weight is 528 g/mol. The molecule has 3 amide bonds. The maximum Gasteiger partial charge on any atom is 0.244 e. The van der Waals surface area contributed by atoms with E-state index in [-0.39, 0.29) is 29.7 Å². The van der Waals surface area contributed by atoms with E-state index in [0.29, 0.717) is 22.9 Å². The summed E-state index contributed by atoms with van der Waals surface area (Å²) in [6.45, 7) is 0. The number of benzene rings is 2. The predicted molar refractivity (Wildman–Crippen MR) is 147 cm³/mol. The van der Waals surface area contributed by atoms with Crippen molar-refractivity contribution < 1.29 is 23.9 Å². The lowest BCUT2D eigenvalue weighted by Crippen LogP contribution is -2.50. The molecule has 0 bridgehead atoms. The fourth-order valence-corrected chi connectivity index (χ4v) is 6.58. The first kappa shape index (κ1) is 25.2. The Morgan fingerprint density at radius 3 is 2.44 bits per heavy atom. The number of nitrogens with zero attached hydrogens (tertiary/aromatic N) is 1. The molecule has 8 nitrogen and oxygen atoms in total. The minimum absolute atomic E-state index is 0.0867.